The van der Waals surface area contributed by atoms with E-state index in [2.05, 4.69) is 10.5 Å². The van der Waals surface area contributed by atoms with Crippen LogP contribution in [0.4, 0.5) is 8.78 Å². The summed E-state index contributed by atoms with van der Waals surface area (Å²) in [4.78, 5) is 10.8. The first kappa shape index (κ1) is 10.4. The molecule has 0 amide bonds. The number of hydrogen-bond donors (Lipinski definition) is 2. The Morgan fingerprint density at radius 1 is 1.53 bits per heavy atom. The van der Waals surface area contributed by atoms with E-state index in [4.69, 9.17) is 4.52 Å². The quantitative estimate of drug-likeness (QED) is 0.780. The maximum absolute atomic E-state index is 12.5. The van der Waals surface area contributed by atoms with Crippen LogP contribution in [-0.2, 0) is 0 Å². The Hall–Kier alpha value is -1.17. The summed E-state index contributed by atoms with van der Waals surface area (Å²) in [7, 11) is 0. The average Bonchev–Trinajstić information content (AvgIpc) is 2.65. The van der Waals surface area contributed by atoms with E-state index in [0.717, 1.165) is 0 Å². The zero-order valence-corrected chi connectivity index (χ0v) is 8.00. The van der Waals surface area contributed by atoms with Gasteiger partial charge in [0.05, 0.1) is 6.04 Å². The van der Waals surface area contributed by atoms with Gasteiger partial charge in [0.1, 0.15) is 5.76 Å². The molecule has 15 heavy (non-hydrogen) atoms. The number of aromatic nitrogens is 1. The Balaban J connectivity index is 2.07. The fourth-order valence-electron chi connectivity index (χ4n) is 1.90. The molecule has 2 N–H and O–H groups in total. The highest BCUT2D eigenvalue weighted by molar-refractivity contribution is 5.05. The van der Waals surface area contributed by atoms with Gasteiger partial charge in [0.25, 0.3) is 12.0 Å². The van der Waals surface area contributed by atoms with Gasteiger partial charge in [-0.05, 0) is 19.4 Å². The standard InChI is InChI=1S/C9H12F2N2O2/c10-9(11)6-3-5(1-2-12-6)7-4-8(14)13-15-7/h4-6,9,12H,1-3H2,(H,13,14)/t5-,6-/m1/s1. The van der Waals surface area contributed by atoms with Gasteiger partial charge in [0.2, 0.25) is 0 Å². The van der Waals surface area contributed by atoms with E-state index < -0.39 is 12.5 Å². The summed E-state index contributed by atoms with van der Waals surface area (Å²) in [5.74, 6) is 0.386. The second kappa shape index (κ2) is 4.14. The van der Waals surface area contributed by atoms with Crippen molar-refractivity contribution in [1.82, 2.24) is 10.5 Å². The topological polar surface area (TPSA) is 58.0 Å². The van der Waals surface area contributed by atoms with E-state index in [1.807, 2.05) is 0 Å². The molecule has 2 rings (SSSR count). The predicted octanol–water partition coefficient (Wildman–Crippen LogP) is 1.07. The molecule has 4 nitrogen and oxygen atoms in total. The lowest BCUT2D eigenvalue weighted by molar-refractivity contribution is 0.0779. The highest BCUT2D eigenvalue weighted by Crippen LogP contribution is 2.28. The van der Waals surface area contributed by atoms with E-state index in [0.29, 0.717) is 25.1 Å². The molecule has 2 heterocycles. The van der Waals surface area contributed by atoms with Crippen LogP contribution in [-0.4, -0.2) is 24.2 Å². The molecule has 0 radical (unpaired) electrons. The smallest absolute Gasteiger partial charge is 0.280 e. The molecule has 1 aliphatic heterocycles. The monoisotopic (exact) mass is 218 g/mol. The molecule has 0 spiro atoms. The van der Waals surface area contributed by atoms with E-state index in [1.165, 1.54) is 6.07 Å². The van der Waals surface area contributed by atoms with Crippen LogP contribution < -0.4 is 10.9 Å². The summed E-state index contributed by atoms with van der Waals surface area (Å²) < 4.78 is 29.8. The molecule has 1 fully saturated rings. The number of hydrogen-bond acceptors (Lipinski definition) is 3. The van der Waals surface area contributed by atoms with Crippen LogP contribution in [0.5, 0.6) is 0 Å². The summed E-state index contributed by atoms with van der Waals surface area (Å²) in [6, 6.07) is 0.530. The molecule has 1 aromatic rings. The SMILES string of the molecule is O=c1cc([C@@H]2CCN[C@@H](C(F)F)C2)o[nH]1. The van der Waals surface area contributed by atoms with Crippen LogP contribution in [0.3, 0.4) is 0 Å². The minimum atomic E-state index is -2.38. The third kappa shape index (κ3) is 2.26. The Morgan fingerprint density at radius 3 is 2.93 bits per heavy atom. The Bertz CT molecular complexity index is 374. The number of H-pyrrole nitrogens is 1. The summed E-state index contributed by atoms with van der Waals surface area (Å²) >= 11 is 0. The van der Waals surface area contributed by atoms with Crippen molar-refractivity contribution in [3.63, 3.8) is 0 Å². The van der Waals surface area contributed by atoms with Gasteiger partial charge < -0.3 is 9.84 Å². The van der Waals surface area contributed by atoms with E-state index in [-0.39, 0.29) is 11.5 Å². The van der Waals surface area contributed by atoms with E-state index >= 15 is 0 Å². The average molecular weight is 218 g/mol. The van der Waals surface area contributed by atoms with Gasteiger partial charge in [-0.25, -0.2) is 8.78 Å². The minimum Gasteiger partial charge on any atom is -0.383 e. The molecule has 0 aromatic carbocycles. The van der Waals surface area contributed by atoms with E-state index in [9.17, 15) is 13.6 Å². The molecule has 0 saturated carbocycles. The number of alkyl halides is 2. The van der Waals surface area contributed by atoms with Gasteiger partial charge in [-0.2, -0.15) is 5.16 Å². The van der Waals surface area contributed by atoms with Crippen LogP contribution in [0.15, 0.2) is 15.4 Å². The number of halogens is 2. The first-order chi connectivity index (χ1) is 7.16. The molecular formula is C9H12F2N2O2. The molecule has 0 unspecified atom stereocenters. The number of rotatable bonds is 2. The third-order valence-corrected chi connectivity index (χ3v) is 2.69. The summed E-state index contributed by atoms with van der Waals surface area (Å²) in [6.07, 6.45) is -1.36. The second-order valence-corrected chi connectivity index (χ2v) is 3.73. The van der Waals surface area contributed by atoms with Crippen molar-refractivity contribution < 1.29 is 13.3 Å². The Morgan fingerprint density at radius 2 is 2.33 bits per heavy atom. The van der Waals surface area contributed by atoms with Crippen molar-refractivity contribution in [2.24, 2.45) is 0 Å². The molecule has 0 bridgehead atoms. The molecule has 6 heteroatoms. The largest absolute Gasteiger partial charge is 0.383 e. The second-order valence-electron chi connectivity index (χ2n) is 3.73. The Kier molecular flexibility index (Phi) is 2.86. The third-order valence-electron chi connectivity index (χ3n) is 2.69. The lowest BCUT2D eigenvalue weighted by atomic mass is 9.90. The van der Waals surface area contributed by atoms with Crippen molar-refractivity contribution in [2.45, 2.75) is 31.2 Å². The van der Waals surface area contributed by atoms with Crippen molar-refractivity contribution in [1.29, 1.82) is 0 Å². The Labute approximate surface area is 84.6 Å². The highest BCUT2D eigenvalue weighted by atomic mass is 19.3. The van der Waals surface area contributed by atoms with Gasteiger partial charge >= 0.3 is 0 Å². The maximum Gasteiger partial charge on any atom is 0.280 e. The maximum atomic E-state index is 12.5. The van der Waals surface area contributed by atoms with Crippen LogP contribution in [0, 0.1) is 0 Å². The fraction of sp³-hybridized carbons (Fsp3) is 0.667. The summed E-state index contributed by atoms with van der Waals surface area (Å²) in [5, 5.41) is 4.92. The van der Waals surface area contributed by atoms with Crippen LogP contribution in [0.25, 0.3) is 0 Å². The number of aromatic amines is 1. The lowest BCUT2D eigenvalue weighted by Crippen LogP contribution is -2.42. The zero-order chi connectivity index (χ0) is 10.8. The van der Waals surface area contributed by atoms with Gasteiger partial charge in [-0.1, -0.05) is 0 Å². The first-order valence-corrected chi connectivity index (χ1v) is 4.87. The van der Waals surface area contributed by atoms with Crippen molar-refractivity contribution in [3.05, 3.63) is 22.2 Å². The molecule has 1 aliphatic rings. The molecule has 1 saturated heterocycles. The minimum absolute atomic E-state index is 0.0933. The number of piperidine rings is 1. The van der Waals surface area contributed by atoms with Crippen LogP contribution >= 0.6 is 0 Å². The molecular weight excluding hydrogens is 206 g/mol. The van der Waals surface area contributed by atoms with Gasteiger partial charge in [-0.15, -0.1) is 0 Å². The first-order valence-electron chi connectivity index (χ1n) is 4.87. The normalized spacial score (nSPS) is 27.1. The number of nitrogens with one attached hydrogen (secondary N) is 2. The highest BCUT2D eigenvalue weighted by Gasteiger charge is 2.30. The fourth-order valence-corrected chi connectivity index (χ4v) is 1.90. The van der Waals surface area contributed by atoms with Crippen molar-refractivity contribution in [2.75, 3.05) is 6.54 Å². The van der Waals surface area contributed by atoms with Crippen molar-refractivity contribution >= 4 is 0 Å². The zero-order valence-electron chi connectivity index (χ0n) is 8.00. The summed E-state index contributed by atoms with van der Waals surface area (Å²) in [5.41, 5.74) is -0.322. The van der Waals surface area contributed by atoms with Gasteiger partial charge in [0, 0.05) is 12.0 Å². The van der Waals surface area contributed by atoms with Crippen LogP contribution in [0.2, 0.25) is 0 Å². The molecule has 2 atom stereocenters. The van der Waals surface area contributed by atoms with Crippen LogP contribution in [0.1, 0.15) is 24.5 Å². The predicted molar refractivity (Wildman–Crippen MR) is 49.1 cm³/mol. The molecule has 1 aromatic heterocycles. The molecule has 0 aliphatic carbocycles. The summed E-state index contributed by atoms with van der Waals surface area (Å²) in [6.45, 7) is 0.522. The van der Waals surface area contributed by atoms with Gasteiger partial charge in [-0.3, -0.25) is 4.79 Å². The lowest BCUT2D eigenvalue weighted by Gasteiger charge is -2.28. The molecule has 84 valence electrons. The van der Waals surface area contributed by atoms with Crippen molar-refractivity contribution in [3.8, 4) is 0 Å². The van der Waals surface area contributed by atoms with E-state index in [1.54, 1.807) is 0 Å². The van der Waals surface area contributed by atoms with Gasteiger partial charge in [0.15, 0.2) is 0 Å².